The highest BCUT2D eigenvalue weighted by molar-refractivity contribution is 9.10. The first-order valence-electron chi connectivity index (χ1n) is 4.71. The van der Waals surface area contributed by atoms with Gasteiger partial charge in [-0.3, -0.25) is 0 Å². The fourth-order valence-corrected chi connectivity index (χ4v) is 1.83. The van der Waals surface area contributed by atoms with E-state index in [2.05, 4.69) is 15.9 Å². The Balaban J connectivity index is 3.36. The van der Waals surface area contributed by atoms with Crippen molar-refractivity contribution in [1.29, 1.82) is 0 Å². The summed E-state index contributed by atoms with van der Waals surface area (Å²) in [4.78, 5) is 0. The van der Waals surface area contributed by atoms with Crippen molar-refractivity contribution < 1.29 is 17.9 Å². The molecule has 17 heavy (non-hydrogen) atoms. The molecule has 2 nitrogen and oxygen atoms in total. The van der Waals surface area contributed by atoms with Crippen LogP contribution in [0.25, 0.3) is 6.08 Å². The summed E-state index contributed by atoms with van der Waals surface area (Å²) in [6.07, 6.45) is -1.63. The van der Waals surface area contributed by atoms with Gasteiger partial charge in [0.25, 0.3) is 0 Å². The van der Waals surface area contributed by atoms with E-state index in [4.69, 9.17) is 10.5 Å². The summed E-state index contributed by atoms with van der Waals surface area (Å²) >= 11 is 3.14. The Kier molecular flexibility index (Phi) is 4.59. The quantitative estimate of drug-likeness (QED) is 0.928. The van der Waals surface area contributed by atoms with Gasteiger partial charge in [0.15, 0.2) is 0 Å². The van der Waals surface area contributed by atoms with E-state index in [9.17, 15) is 13.2 Å². The fraction of sp³-hybridized carbons (Fsp3) is 0.273. The van der Waals surface area contributed by atoms with Crippen LogP contribution in [0.5, 0.6) is 5.75 Å². The highest BCUT2D eigenvalue weighted by Crippen LogP contribution is 2.38. The van der Waals surface area contributed by atoms with Gasteiger partial charge in [0.1, 0.15) is 5.75 Å². The minimum atomic E-state index is -4.43. The van der Waals surface area contributed by atoms with Gasteiger partial charge in [-0.1, -0.05) is 12.2 Å². The Hall–Kier alpha value is -1.01. The molecule has 1 aromatic carbocycles. The first-order chi connectivity index (χ1) is 7.90. The fourth-order valence-electron chi connectivity index (χ4n) is 1.30. The van der Waals surface area contributed by atoms with Crippen LogP contribution in [0, 0.1) is 0 Å². The first kappa shape index (κ1) is 14.1. The topological polar surface area (TPSA) is 35.2 Å². The maximum atomic E-state index is 12.8. The Morgan fingerprint density at radius 2 is 2.06 bits per heavy atom. The Labute approximate surface area is 105 Å². The van der Waals surface area contributed by atoms with Crippen molar-refractivity contribution in [2.24, 2.45) is 5.73 Å². The van der Waals surface area contributed by atoms with Crippen molar-refractivity contribution in [3.8, 4) is 5.75 Å². The van der Waals surface area contributed by atoms with Crippen LogP contribution in [-0.4, -0.2) is 13.7 Å². The summed E-state index contributed by atoms with van der Waals surface area (Å²) in [5.41, 5.74) is 4.53. The van der Waals surface area contributed by atoms with E-state index in [1.165, 1.54) is 25.3 Å². The Morgan fingerprint density at radius 3 is 2.53 bits per heavy atom. The maximum absolute atomic E-state index is 12.8. The lowest BCUT2D eigenvalue weighted by molar-refractivity contribution is -0.137. The molecule has 0 amide bonds. The summed E-state index contributed by atoms with van der Waals surface area (Å²) in [6.45, 7) is 0.181. The SMILES string of the molecule is COc1cc(C(F)(F)F)c(/C=C/CN)cc1Br. The van der Waals surface area contributed by atoms with Gasteiger partial charge in [-0.2, -0.15) is 13.2 Å². The predicted octanol–water partition coefficient (Wildman–Crippen LogP) is 3.45. The molecule has 6 heteroatoms. The lowest BCUT2D eigenvalue weighted by Crippen LogP contribution is -2.08. The molecule has 0 unspecified atom stereocenters. The number of nitrogens with two attached hydrogens (primary N) is 1. The summed E-state index contributed by atoms with van der Waals surface area (Å²) in [6, 6.07) is 2.31. The standard InChI is InChI=1S/C11H11BrF3NO/c1-17-10-6-8(11(13,14)15)7(3-2-4-16)5-9(10)12/h2-3,5-6H,4,16H2,1H3/b3-2+. The molecule has 0 aliphatic carbocycles. The lowest BCUT2D eigenvalue weighted by Gasteiger charge is -2.13. The van der Waals surface area contributed by atoms with Crippen molar-refractivity contribution in [3.63, 3.8) is 0 Å². The van der Waals surface area contributed by atoms with Gasteiger partial charge < -0.3 is 10.5 Å². The zero-order valence-electron chi connectivity index (χ0n) is 9.01. The van der Waals surface area contributed by atoms with Crippen molar-refractivity contribution in [1.82, 2.24) is 0 Å². The lowest BCUT2D eigenvalue weighted by atomic mass is 10.1. The van der Waals surface area contributed by atoms with Crippen LogP contribution < -0.4 is 10.5 Å². The van der Waals surface area contributed by atoms with E-state index in [1.54, 1.807) is 0 Å². The minimum absolute atomic E-state index is 0.0515. The molecule has 0 saturated carbocycles. The van der Waals surface area contributed by atoms with E-state index >= 15 is 0 Å². The maximum Gasteiger partial charge on any atom is 0.417 e. The predicted molar refractivity (Wildman–Crippen MR) is 63.8 cm³/mol. The number of rotatable bonds is 3. The zero-order valence-corrected chi connectivity index (χ0v) is 10.6. The van der Waals surface area contributed by atoms with Crippen LogP contribution in [-0.2, 0) is 6.18 Å². The normalized spacial score (nSPS) is 12.1. The molecule has 0 radical (unpaired) electrons. The molecular weight excluding hydrogens is 299 g/mol. The van der Waals surface area contributed by atoms with E-state index in [0.717, 1.165) is 6.07 Å². The van der Waals surface area contributed by atoms with E-state index in [-0.39, 0.29) is 17.9 Å². The van der Waals surface area contributed by atoms with Gasteiger partial charge in [0.2, 0.25) is 0 Å². The molecule has 0 saturated heterocycles. The van der Waals surface area contributed by atoms with Crippen molar-refractivity contribution in [2.45, 2.75) is 6.18 Å². The monoisotopic (exact) mass is 309 g/mol. The van der Waals surface area contributed by atoms with E-state index in [0.29, 0.717) is 4.47 Å². The van der Waals surface area contributed by atoms with Crippen LogP contribution in [0.3, 0.4) is 0 Å². The second kappa shape index (κ2) is 5.55. The number of hydrogen-bond donors (Lipinski definition) is 1. The second-order valence-corrected chi connectivity index (χ2v) is 4.06. The highest BCUT2D eigenvalue weighted by atomic mass is 79.9. The summed E-state index contributed by atoms with van der Waals surface area (Å²) in [7, 11) is 1.32. The van der Waals surface area contributed by atoms with Gasteiger partial charge in [0.05, 0.1) is 17.1 Å². The van der Waals surface area contributed by atoms with E-state index < -0.39 is 11.7 Å². The Morgan fingerprint density at radius 1 is 1.41 bits per heavy atom. The highest BCUT2D eigenvalue weighted by Gasteiger charge is 2.33. The average molecular weight is 310 g/mol. The number of halogens is 4. The van der Waals surface area contributed by atoms with E-state index in [1.807, 2.05) is 0 Å². The third-order valence-corrected chi connectivity index (χ3v) is 2.68. The molecule has 0 bridgehead atoms. The van der Waals surface area contributed by atoms with Gasteiger partial charge in [0, 0.05) is 6.54 Å². The molecule has 2 N–H and O–H groups in total. The van der Waals surface area contributed by atoms with Crippen LogP contribution >= 0.6 is 15.9 Å². The second-order valence-electron chi connectivity index (χ2n) is 3.21. The van der Waals surface area contributed by atoms with Crippen LogP contribution in [0.15, 0.2) is 22.7 Å². The van der Waals surface area contributed by atoms with Crippen molar-refractivity contribution >= 4 is 22.0 Å². The molecule has 0 heterocycles. The van der Waals surface area contributed by atoms with Crippen molar-refractivity contribution in [2.75, 3.05) is 13.7 Å². The molecule has 94 valence electrons. The molecule has 0 spiro atoms. The third-order valence-electron chi connectivity index (χ3n) is 2.06. The third kappa shape index (κ3) is 3.47. The largest absolute Gasteiger partial charge is 0.496 e. The van der Waals surface area contributed by atoms with Crippen LogP contribution in [0.2, 0.25) is 0 Å². The number of hydrogen-bond acceptors (Lipinski definition) is 2. The molecule has 0 atom stereocenters. The molecule has 0 fully saturated rings. The number of ether oxygens (including phenoxy) is 1. The van der Waals surface area contributed by atoms with Crippen LogP contribution in [0.1, 0.15) is 11.1 Å². The van der Waals surface area contributed by atoms with Crippen molar-refractivity contribution in [3.05, 3.63) is 33.8 Å². The molecule has 0 aliphatic heterocycles. The molecule has 1 rings (SSSR count). The van der Waals surface area contributed by atoms with Gasteiger partial charge in [-0.05, 0) is 33.6 Å². The smallest absolute Gasteiger partial charge is 0.417 e. The van der Waals surface area contributed by atoms with Gasteiger partial charge in [-0.25, -0.2) is 0 Å². The summed E-state index contributed by atoms with van der Waals surface area (Å²) in [5.74, 6) is 0.141. The zero-order chi connectivity index (χ0) is 13.1. The molecule has 0 aliphatic rings. The summed E-state index contributed by atoms with van der Waals surface area (Å²) < 4.78 is 43.7. The average Bonchev–Trinajstić information content (AvgIpc) is 2.24. The summed E-state index contributed by atoms with van der Waals surface area (Å²) in [5, 5.41) is 0. The number of alkyl halides is 3. The Bertz CT molecular complexity index is 429. The number of benzene rings is 1. The van der Waals surface area contributed by atoms with Crippen LogP contribution in [0.4, 0.5) is 13.2 Å². The van der Waals surface area contributed by atoms with Gasteiger partial charge >= 0.3 is 6.18 Å². The molecular formula is C11H11BrF3NO. The molecule has 0 aromatic heterocycles. The number of methoxy groups -OCH3 is 1. The minimum Gasteiger partial charge on any atom is -0.496 e. The van der Waals surface area contributed by atoms with Gasteiger partial charge in [-0.15, -0.1) is 0 Å². The molecule has 1 aromatic rings. The first-order valence-corrected chi connectivity index (χ1v) is 5.50.